The van der Waals surface area contributed by atoms with E-state index in [2.05, 4.69) is 29.4 Å². The van der Waals surface area contributed by atoms with Crippen molar-refractivity contribution in [1.29, 1.82) is 0 Å². The number of rotatable bonds is 8. The van der Waals surface area contributed by atoms with Crippen LogP contribution >= 0.6 is 0 Å². The summed E-state index contributed by atoms with van der Waals surface area (Å²) in [4.78, 5) is 22.0. The van der Waals surface area contributed by atoms with Gasteiger partial charge in [0.15, 0.2) is 0 Å². The summed E-state index contributed by atoms with van der Waals surface area (Å²) in [5.74, 6) is 0.942. The molecule has 1 amide bonds. The number of methoxy groups -OCH3 is 1. The molecule has 3 aromatic carbocycles. The van der Waals surface area contributed by atoms with Gasteiger partial charge in [0.1, 0.15) is 5.75 Å². The van der Waals surface area contributed by atoms with Crippen LogP contribution in [0.1, 0.15) is 46.4 Å². The second kappa shape index (κ2) is 10.8. The smallest absolute Gasteiger partial charge is 0.255 e. The molecule has 34 heavy (non-hydrogen) atoms. The fraction of sp³-hybridized carbons (Fsp3) is 0.207. The molecule has 0 spiro atoms. The summed E-state index contributed by atoms with van der Waals surface area (Å²) in [5.41, 5.74) is 6.40. The van der Waals surface area contributed by atoms with Crippen LogP contribution in [0.15, 0.2) is 85.2 Å². The third kappa shape index (κ3) is 5.67. The number of carbonyl (C=O) groups excluding carboxylic acids is 1. The van der Waals surface area contributed by atoms with Gasteiger partial charge in [-0.15, -0.1) is 0 Å². The van der Waals surface area contributed by atoms with Crippen LogP contribution in [-0.4, -0.2) is 23.0 Å². The summed E-state index contributed by atoms with van der Waals surface area (Å²) in [6.07, 6.45) is 5.31. The predicted molar refractivity (Wildman–Crippen MR) is 136 cm³/mol. The molecule has 0 unspecified atom stereocenters. The molecule has 0 radical (unpaired) electrons. The highest BCUT2D eigenvalue weighted by atomic mass is 16.5. The van der Waals surface area contributed by atoms with Gasteiger partial charge >= 0.3 is 0 Å². The number of nitrogens with zero attached hydrogens (tertiary/aromatic N) is 2. The number of amides is 1. The largest absolute Gasteiger partial charge is 0.497 e. The first-order chi connectivity index (χ1) is 16.6. The lowest BCUT2D eigenvalue weighted by Gasteiger charge is -2.17. The Bertz CT molecular complexity index is 1290. The van der Waals surface area contributed by atoms with Crippen molar-refractivity contribution in [3.63, 3.8) is 0 Å². The molecule has 1 atom stereocenters. The van der Waals surface area contributed by atoms with Crippen LogP contribution in [0.4, 0.5) is 5.69 Å². The van der Waals surface area contributed by atoms with Crippen LogP contribution in [0.5, 0.6) is 5.75 Å². The molecule has 0 fully saturated rings. The maximum absolute atomic E-state index is 12.7. The molecule has 4 rings (SSSR count). The van der Waals surface area contributed by atoms with Crippen LogP contribution in [0.25, 0.3) is 11.3 Å². The first-order valence-corrected chi connectivity index (χ1v) is 11.5. The van der Waals surface area contributed by atoms with E-state index in [1.165, 1.54) is 0 Å². The third-order valence-corrected chi connectivity index (χ3v) is 5.89. The topological polar surface area (TPSA) is 64.1 Å². The molecule has 0 aliphatic carbocycles. The number of hydrogen-bond acceptors (Lipinski definition) is 4. The lowest BCUT2D eigenvalue weighted by molar-refractivity contribution is 0.102. The van der Waals surface area contributed by atoms with E-state index in [0.29, 0.717) is 5.56 Å². The van der Waals surface area contributed by atoms with Gasteiger partial charge in [0, 0.05) is 23.0 Å². The van der Waals surface area contributed by atoms with Crippen molar-refractivity contribution < 1.29 is 9.53 Å². The van der Waals surface area contributed by atoms with Crippen molar-refractivity contribution in [2.24, 2.45) is 0 Å². The summed E-state index contributed by atoms with van der Waals surface area (Å²) >= 11 is 0. The van der Waals surface area contributed by atoms with E-state index in [4.69, 9.17) is 9.72 Å². The monoisotopic (exact) mass is 451 g/mol. The normalized spacial score (nSPS) is 11.6. The summed E-state index contributed by atoms with van der Waals surface area (Å²) in [7, 11) is 1.66. The van der Waals surface area contributed by atoms with E-state index in [1.807, 2.05) is 73.8 Å². The van der Waals surface area contributed by atoms with E-state index in [1.54, 1.807) is 13.3 Å². The zero-order chi connectivity index (χ0) is 23.9. The summed E-state index contributed by atoms with van der Waals surface area (Å²) in [5, 5.41) is 3.03. The Morgan fingerprint density at radius 3 is 2.62 bits per heavy atom. The van der Waals surface area contributed by atoms with Crippen LogP contribution in [0.2, 0.25) is 0 Å². The first kappa shape index (κ1) is 23.2. The number of hydrogen-bond donors (Lipinski definition) is 1. The van der Waals surface area contributed by atoms with Crippen molar-refractivity contribution in [2.75, 3.05) is 12.4 Å². The minimum Gasteiger partial charge on any atom is -0.497 e. The van der Waals surface area contributed by atoms with Gasteiger partial charge in [-0.3, -0.25) is 9.78 Å². The molecule has 0 aliphatic rings. The van der Waals surface area contributed by atoms with Crippen molar-refractivity contribution in [3.05, 3.63) is 108 Å². The van der Waals surface area contributed by atoms with E-state index >= 15 is 0 Å². The maximum Gasteiger partial charge on any atom is 0.255 e. The molecule has 0 bridgehead atoms. The predicted octanol–water partition coefficient (Wildman–Crippen LogP) is 6.45. The fourth-order valence-corrected chi connectivity index (χ4v) is 4.04. The van der Waals surface area contributed by atoms with Crippen molar-refractivity contribution in [2.45, 2.75) is 32.6 Å². The molecule has 5 nitrogen and oxygen atoms in total. The van der Waals surface area contributed by atoms with Crippen LogP contribution in [0, 0.1) is 6.92 Å². The Kier molecular flexibility index (Phi) is 7.33. The zero-order valence-corrected chi connectivity index (χ0v) is 19.8. The second-order valence-corrected chi connectivity index (χ2v) is 8.39. The molecule has 1 heterocycles. The number of benzene rings is 3. The Labute approximate surface area is 200 Å². The van der Waals surface area contributed by atoms with Gasteiger partial charge < -0.3 is 10.1 Å². The molecule has 1 N–H and O–H groups in total. The number of carbonyl (C=O) groups is 1. The highest BCUT2D eigenvalue weighted by Gasteiger charge is 2.14. The van der Waals surface area contributed by atoms with E-state index in [0.717, 1.165) is 52.4 Å². The first-order valence-electron chi connectivity index (χ1n) is 11.5. The molecule has 0 saturated heterocycles. The van der Waals surface area contributed by atoms with Crippen LogP contribution < -0.4 is 10.1 Å². The van der Waals surface area contributed by atoms with E-state index < -0.39 is 0 Å². The number of anilines is 1. The number of ether oxygens (including phenoxy) is 1. The summed E-state index contributed by atoms with van der Waals surface area (Å²) in [6.45, 7) is 4.15. The minimum absolute atomic E-state index is 0.106. The average molecular weight is 452 g/mol. The Morgan fingerprint density at radius 2 is 1.82 bits per heavy atom. The standard InChI is InChI=1S/C29H29N3O2/c1-4-21(15-26-18-30-19-28(31-26)23-10-7-13-27(17-23)34-3)22-9-6-12-25(16-22)32-29(33)24-11-5-8-20(2)14-24/h5-14,16-19,21H,4,15H2,1-3H3,(H,32,33)/t21-/m1/s1. The fourth-order valence-electron chi connectivity index (χ4n) is 4.04. The zero-order valence-electron chi connectivity index (χ0n) is 19.8. The van der Waals surface area contributed by atoms with Crippen LogP contribution in [-0.2, 0) is 6.42 Å². The summed E-state index contributed by atoms with van der Waals surface area (Å²) in [6, 6.07) is 23.5. The van der Waals surface area contributed by atoms with Crippen molar-refractivity contribution in [1.82, 2.24) is 9.97 Å². The molecular weight excluding hydrogens is 422 g/mol. The summed E-state index contributed by atoms with van der Waals surface area (Å²) < 4.78 is 5.34. The molecule has 0 aliphatic heterocycles. The molecule has 0 saturated carbocycles. The van der Waals surface area contributed by atoms with Crippen molar-refractivity contribution in [3.8, 4) is 17.0 Å². The number of nitrogens with one attached hydrogen (secondary N) is 1. The van der Waals surface area contributed by atoms with E-state index in [-0.39, 0.29) is 11.8 Å². The average Bonchev–Trinajstić information content (AvgIpc) is 2.87. The van der Waals surface area contributed by atoms with Gasteiger partial charge in [-0.1, -0.05) is 48.9 Å². The Morgan fingerprint density at radius 1 is 1.00 bits per heavy atom. The van der Waals surface area contributed by atoms with Gasteiger partial charge in [-0.05, 0) is 67.6 Å². The minimum atomic E-state index is -0.106. The molecule has 5 heteroatoms. The Hall–Kier alpha value is -3.99. The van der Waals surface area contributed by atoms with Crippen molar-refractivity contribution >= 4 is 11.6 Å². The van der Waals surface area contributed by atoms with Gasteiger partial charge in [0.05, 0.1) is 24.7 Å². The third-order valence-electron chi connectivity index (χ3n) is 5.89. The highest BCUT2D eigenvalue weighted by molar-refractivity contribution is 6.04. The molecule has 4 aromatic rings. The number of aryl methyl sites for hydroxylation is 1. The van der Waals surface area contributed by atoms with Gasteiger partial charge in [-0.25, -0.2) is 4.98 Å². The Balaban J connectivity index is 1.51. The van der Waals surface area contributed by atoms with Gasteiger partial charge in [-0.2, -0.15) is 0 Å². The van der Waals surface area contributed by atoms with Gasteiger partial charge in [0.25, 0.3) is 5.91 Å². The van der Waals surface area contributed by atoms with Crippen LogP contribution in [0.3, 0.4) is 0 Å². The van der Waals surface area contributed by atoms with E-state index in [9.17, 15) is 4.79 Å². The second-order valence-electron chi connectivity index (χ2n) is 8.39. The quantitative estimate of drug-likeness (QED) is 0.334. The maximum atomic E-state index is 12.7. The van der Waals surface area contributed by atoms with Gasteiger partial charge in [0.2, 0.25) is 0 Å². The number of aromatic nitrogens is 2. The molecule has 172 valence electrons. The lowest BCUT2D eigenvalue weighted by atomic mass is 9.91. The highest BCUT2D eigenvalue weighted by Crippen LogP contribution is 2.27. The lowest BCUT2D eigenvalue weighted by Crippen LogP contribution is -2.12. The molecule has 1 aromatic heterocycles. The molecular formula is C29H29N3O2. The SMILES string of the molecule is CC[C@H](Cc1cncc(-c2cccc(OC)c2)n1)c1cccc(NC(=O)c2cccc(C)c2)c1.